The molecule has 8 nitrogen and oxygen atoms in total. The van der Waals surface area contributed by atoms with E-state index in [0.29, 0.717) is 19.6 Å². The molecule has 0 spiro atoms. The number of urea groups is 1. The topological polar surface area (TPSA) is 105 Å². The standard InChI is InChI=1S/C18H29N5O3/c19-17(24)23-9-6-14(7-10-23)22-18(21-13-16-4-2-12-26-16)20-8-5-15-3-1-11-25-15/h1,3,11,14,16H,2,4-10,12-13H2,(H2,19,24)(H2,20,21,22). The summed E-state index contributed by atoms with van der Waals surface area (Å²) in [5, 5.41) is 6.87. The second-order valence-corrected chi connectivity index (χ2v) is 6.82. The molecule has 2 aliphatic heterocycles. The Hall–Kier alpha value is -2.22. The Morgan fingerprint density at radius 3 is 2.85 bits per heavy atom. The fourth-order valence-corrected chi connectivity index (χ4v) is 3.33. The van der Waals surface area contributed by atoms with E-state index in [4.69, 9.17) is 19.9 Å². The lowest BCUT2D eigenvalue weighted by Crippen LogP contribution is -2.51. The first-order valence-electron chi connectivity index (χ1n) is 9.44. The molecular formula is C18H29N5O3. The first-order valence-corrected chi connectivity index (χ1v) is 9.44. The first-order chi connectivity index (χ1) is 12.7. The van der Waals surface area contributed by atoms with Crippen molar-refractivity contribution in [2.75, 3.05) is 32.8 Å². The van der Waals surface area contributed by atoms with E-state index in [-0.39, 0.29) is 18.2 Å². The summed E-state index contributed by atoms with van der Waals surface area (Å²) in [4.78, 5) is 17.6. The van der Waals surface area contributed by atoms with Gasteiger partial charge in [-0.15, -0.1) is 0 Å². The highest BCUT2D eigenvalue weighted by molar-refractivity contribution is 5.80. The number of likely N-dealkylation sites (tertiary alicyclic amines) is 1. The average Bonchev–Trinajstić information content (AvgIpc) is 3.34. The number of hydrogen-bond donors (Lipinski definition) is 3. The molecule has 8 heteroatoms. The number of guanidine groups is 1. The number of carbonyl (C=O) groups excluding carboxylic acids is 1. The molecule has 2 saturated heterocycles. The molecule has 2 fully saturated rings. The van der Waals surface area contributed by atoms with Gasteiger partial charge in [0.1, 0.15) is 5.76 Å². The maximum atomic E-state index is 11.3. The minimum Gasteiger partial charge on any atom is -0.469 e. The van der Waals surface area contributed by atoms with Crippen LogP contribution in [0, 0.1) is 0 Å². The summed E-state index contributed by atoms with van der Waals surface area (Å²) in [5.74, 6) is 1.75. The number of ether oxygens (including phenoxy) is 1. The van der Waals surface area contributed by atoms with Crippen LogP contribution < -0.4 is 16.4 Å². The fourth-order valence-electron chi connectivity index (χ4n) is 3.33. The van der Waals surface area contributed by atoms with Gasteiger partial charge in [-0.25, -0.2) is 4.79 Å². The van der Waals surface area contributed by atoms with Crippen LogP contribution in [-0.2, 0) is 11.2 Å². The first kappa shape index (κ1) is 18.6. The average molecular weight is 363 g/mol. The third kappa shape index (κ3) is 5.66. The molecule has 3 rings (SSSR count). The maximum Gasteiger partial charge on any atom is 0.314 e. The SMILES string of the molecule is NC(=O)N1CCC(NC(=NCC2CCCO2)NCCc2ccco2)CC1. The van der Waals surface area contributed by atoms with Gasteiger partial charge >= 0.3 is 6.03 Å². The number of nitrogens with one attached hydrogen (secondary N) is 2. The molecule has 0 bridgehead atoms. The number of piperidine rings is 1. The van der Waals surface area contributed by atoms with Crippen molar-refractivity contribution >= 4 is 12.0 Å². The quantitative estimate of drug-likeness (QED) is 0.518. The van der Waals surface area contributed by atoms with Crippen LogP contribution in [0.15, 0.2) is 27.8 Å². The monoisotopic (exact) mass is 363 g/mol. The Morgan fingerprint density at radius 1 is 1.35 bits per heavy atom. The summed E-state index contributed by atoms with van der Waals surface area (Å²) in [6, 6.07) is 3.81. The van der Waals surface area contributed by atoms with Crippen molar-refractivity contribution in [1.82, 2.24) is 15.5 Å². The molecule has 4 N–H and O–H groups in total. The molecule has 2 amide bonds. The van der Waals surface area contributed by atoms with Gasteiger partial charge < -0.3 is 30.4 Å². The van der Waals surface area contributed by atoms with Crippen molar-refractivity contribution in [2.24, 2.45) is 10.7 Å². The van der Waals surface area contributed by atoms with Crippen LogP contribution in [0.4, 0.5) is 4.79 Å². The van der Waals surface area contributed by atoms with Crippen LogP contribution in [-0.4, -0.2) is 61.8 Å². The van der Waals surface area contributed by atoms with Gasteiger partial charge in [0.05, 0.1) is 18.9 Å². The second-order valence-electron chi connectivity index (χ2n) is 6.82. The lowest BCUT2D eigenvalue weighted by molar-refractivity contribution is 0.117. The molecule has 0 aliphatic carbocycles. The maximum absolute atomic E-state index is 11.3. The molecule has 1 aromatic heterocycles. The fraction of sp³-hybridized carbons (Fsp3) is 0.667. The van der Waals surface area contributed by atoms with Crippen LogP contribution >= 0.6 is 0 Å². The zero-order chi connectivity index (χ0) is 18.2. The van der Waals surface area contributed by atoms with Crippen LogP contribution in [0.3, 0.4) is 0 Å². The highest BCUT2D eigenvalue weighted by Crippen LogP contribution is 2.12. The van der Waals surface area contributed by atoms with E-state index in [1.54, 1.807) is 11.2 Å². The number of hydrogen-bond acceptors (Lipinski definition) is 4. The lowest BCUT2D eigenvalue weighted by Gasteiger charge is -2.32. The molecule has 1 atom stereocenters. The van der Waals surface area contributed by atoms with E-state index in [2.05, 4.69) is 10.6 Å². The summed E-state index contributed by atoms with van der Waals surface area (Å²) in [5.41, 5.74) is 5.35. The molecule has 0 saturated carbocycles. The minimum absolute atomic E-state index is 0.218. The van der Waals surface area contributed by atoms with Crippen LogP contribution in [0.2, 0.25) is 0 Å². The highest BCUT2D eigenvalue weighted by atomic mass is 16.5. The Bertz CT molecular complexity index is 576. The van der Waals surface area contributed by atoms with Crippen LogP contribution in [0.1, 0.15) is 31.4 Å². The molecule has 1 unspecified atom stereocenters. The Morgan fingerprint density at radius 2 is 2.19 bits per heavy atom. The van der Waals surface area contributed by atoms with Gasteiger partial charge in [0, 0.05) is 38.7 Å². The molecule has 2 aliphatic rings. The van der Waals surface area contributed by atoms with Gasteiger partial charge in [-0.2, -0.15) is 0 Å². The van der Waals surface area contributed by atoms with E-state index in [9.17, 15) is 4.79 Å². The van der Waals surface area contributed by atoms with E-state index in [1.165, 1.54) is 0 Å². The largest absolute Gasteiger partial charge is 0.469 e. The summed E-state index contributed by atoms with van der Waals surface area (Å²) in [6.07, 6.45) is 6.61. The number of nitrogens with zero attached hydrogens (tertiary/aromatic N) is 2. The van der Waals surface area contributed by atoms with Crippen LogP contribution in [0.25, 0.3) is 0 Å². The normalized spacial score (nSPS) is 21.8. The van der Waals surface area contributed by atoms with E-state index < -0.39 is 0 Å². The number of amides is 2. The Kier molecular flexibility index (Phi) is 6.76. The van der Waals surface area contributed by atoms with Crippen molar-refractivity contribution in [3.05, 3.63) is 24.2 Å². The molecular weight excluding hydrogens is 334 g/mol. The third-order valence-corrected chi connectivity index (χ3v) is 4.87. The molecule has 3 heterocycles. The Labute approximate surface area is 154 Å². The van der Waals surface area contributed by atoms with E-state index in [1.807, 2.05) is 12.1 Å². The second kappa shape index (κ2) is 9.47. The number of primary amides is 1. The number of nitrogens with two attached hydrogens (primary N) is 1. The van der Waals surface area contributed by atoms with Gasteiger partial charge in [-0.3, -0.25) is 4.99 Å². The third-order valence-electron chi connectivity index (χ3n) is 4.87. The number of carbonyl (C=O) groups is 1. The highest BCUT2D eigenvalue weighted by Gasteiger charge is 2.22. The summed E-state index contributed by atoms with van der Waals surface area (Å²) in [7, 11) is 0. The molecule has 1 aromatic rings. The van der Waals surface area contributed by atoms with E-state index in [0.717, 1.165) is 57.0 Å². The molecule has 144 valence electrons. The summed E-state index contributed by atoms with van der Waals surface area (Å²) < 4.78 is 11.0. The van der Waals surface area contributed by atoms with Crippen molar-refractivity contribution in [3.8, 4) is 0 Å². The van der Waals surface area contributed by atoms with Gasteiger partial charge in [0.2, 0.25) is 0 Å². The smallest absolute Gasteiger partial charge is 0.314 e. The van der Waals surface area contributed by atoms with Gasteiger partial charge in [0.25, 0.3) is 0 Å². The number of aliphatic imine (C=N–C) groups is 1. The number of furan rings is 1. The van der Waals surface area contributed by atoms with Crippen molar-refractivity contribution in [3.63, 3.8) is 0 Å². The van der Waals surface area contributed by atoms with Gasteiger partial charge in [-0.1, -0.05) is 0 Å². The van der Waals surface area contributed by atoms with Gasteiger partial charge in [0.15, 0.2) is 5.96 Å². The summed E-state index contributed by atoms with van der Waals surface area (Å²) >= 11 is 0. The van der Waals surface area contributed by atoms with Crippen molar-refractivity contribution in [2.45, 2.75) is 44.2 Å². The lowest BCUT2D eigenvalue weighted by atomic mass is 10.1. The van der Waals surface area contributed by atoms with Gasteiger partial charge in [-0.05, 0) is 37.8 Å². The molecule has 26 heavy (non-hydrogen) atoms. The molecule has 0 radical (unpaired) electrons. The summed E-state index contributed by atoms with van der Waals surface area (Å²) in [6.45, 7) is 3.60. The van der Waals surface area contributed by atoms with E-state index >= 15 is 0 Å². The van der Waals surface area contributed by atoms with Crippen LogP contribution in [0.5, 0.6) is 0 Å². The Balaban J connectivity index is 1.49. The van der Waals surface area contributed by atoms with Crippen molar-refractivity contribution < 1.29 is 13.9 Å². The predicted molar refractivity (Wildman–Crippen MR) is 99.0 cm³/mol. The zero-order valence-electron chi connectivity index (χ0n) is 15.2. The zero-order valence-corrected chi connectivity index (χ0v) is 15.2. The molecule has 0 aromatic carbocycles. The number of rotatable bonds is 6. The predicted octanol–water partition coefficient (Wildman–Crippen LogP) is 1.08. The van der Waals surface area contributed by atoms with Crippen molar-refractivity contribution in [1.29, 1.82) is 0 Å². The minimum atomic E-state index is -0.340.